The Morgan fingerprint density at radius 3 is 2.40 bits per heavy atom. The van der Waals surface area contributed by atoms with Crippen molar-refractivity contribution in [3.8, 4) is 0 Å². The van der Waals surface area contributed by atoms with E-state index < -0.39 is 0 Å². The van der Waals surface area contributed by atoms with Crippen LogP contribution in [-0.4, -0.2) is 11.2 Å². The molecule has 1 rings (SSSR count). The maximum Gasteiger partial charge on any atom is 0.0566 e. The van der Waals surface area contributed by atoms with Gasteiger partial charge in [-0.25, -0.2) is 0 Å². The first-order valence-electron chi connectivity index (χ1n) is 4.19. The second-order valence-electron chi connectivity index (χ2n) is 4.45. The molecule has 60 valence electrons. The molecular weight excluding hydrogens is 124 g/mol. The van der Waals surface area contributed by atoms with Crippen LogP contribution in [0.2, 0.25) is 0 Å². The van der Waals surface area contributed by atoms with E-state index in [2.05, 4.69) is 20.8 Å². The summed E-state index contributed by atoms with van der Waals surface area (Å²) in [6.07, 6.45) is 3.31. The van der Waals surface area contributed by atoms with Gasteiger partial charge in [0.15, 0.2) is 0 Å². The number of hydrogen-bond acceptors (Lipinski definition) is 1. The fraction of sp³-hybridized carbons (Fsp3) is 1.00. The molecule has 0 unspecified atom stereocenters. The summed E-state index contributed by atoms with van der Waals surface area (Å²) in [5, 5.41) is 9.41. The van der Waals surface area contributed by atoms with Crippen molar-refractivity contribution in [1.82, 2.24) is 0 Å². The van der Waals surface area contributed by atoms with Crippen LogP contribution in [0.1, 0.15) is 40.0 Å². The monoisotopic (exact) mass is 142 g/mol. The SMILES string of the molecule is C[C@@H]1CC(C)(C)CC[C@H]1O. The molecule has 0 bridgehead atoms. The first-order chi connectivity index (χ1) is 4.51. The molecule has 1 heteroatoms. The predicted octanol–water partition coefficient (Wildman–Crippen LogP) is 2.19. The van der Waals surface area contributed by atoms with Gasteiger partial charge in [0.05, 0.1) is 6.10 Å². The first kappa shape index (κ1) is 8.06. The Hall–Kier alpha value is -0.0400. The van der Waals surface area contributed by atoms with E-state index in [1.165, 1.54) is 12.8 Å². The number of hydrogen-bond donors (Lipinski definition) is 1. The predicted molar refractivity (Wildman–Crippen MR) is 42.8 cm³/mol. The molecule has 0 aromatic carbocycles. The van der Waals surface area contributed by atoms with Crippen molar-refractivity contribution in [2.45, 2.75) is 46.1 Å². The lowest BCUT2D eigenvalue weighted by atomic mass is 9.71. The Kier molecular flexibility index (Phi) is 2.04. The standard InChI is InChI=1S/C9H18O/c1-7-6-9(2,3)5-4-8(7)10/h7-8,10H,4-6H2,1-3H3/t7-,8-/m1/s1. The molecule has 0 radical (unpaired) electrons. The molecule has 0 heterocycles. The molecule has 0 saturated heterocycles. The van der Waals surface area contributed by atoms with Gasteiger partial charge in [0.25, 0.3) is 0 Å². The van der Waals surface area contributed by atoms with Gasteiger partial charge in [0, 0.05) is 0 Å². The zero-order valence-corrected chi connectivity index (χ0v) is 7.22. The summed E-state index contributed by atoms with van der Waals surface area (Å²) in [6, 6.07) is 0. The molecule has 10 heavy (non-hydrogen) atoms. The lowest BCUT2D eigenvalue weighted by Gasteiger charge is -2.36. The van der Waals surface area contributed by atoms with E-state index in [9.17, 15) is 5.11 Å². The summed E-state index contributed by atoms with van der Waals surface area (Å²) >= 11 is 0. The average molecular weight is 142 g/mol. The minimum absolute atomic E-state index is 0.0342. The first-order valence-corrected chi connectivity index (χ1v) is 4.19. The van der Waals surface area contributed by atoms with E-state index in [0.717, 1.165) is 6.42 Å². The number of rotatable bonds is 0. The topological polar surface area (TPSA) is 20.2 Å². The summed E-state index contributed by atoms with van der Waals surface area (Å²) in [7, 11) is 0. The van der Waals surface area contributed by atoms with Crippen LogP contribution in [0, 0.1) is 11.3 Å². The lowest BCUT2D eigenvalue weighted by Crippen LogP contribution is -2.31. The second-order valence-corrected chi connectivity index (χ2v) is 4.45. The summed E-state index contributed by atoms with van der Waals surface area (Å²) < 4.78 is 0. The van der Waals surface area contributed by atoms with Crippen molar-refractivity contribution in [3.05, 3.63) is 0 Å². The van der Waals surface area contributed by atoms with E-state index in [1.54, 1.807) is 0 Å². The van der Waals surface area contributed by atoms with Crippen LogP contribution in [0.4, 0.5) is 0 Å². The van der Waals surface area contributed by atoms with Crippen LogP contribution in [0.3, 0.4) is 0 Å². The molecule has 1 aliphatic carbocycles. The van der Waals surface area contributed by atoms with Crippen molar-refractivity contribution >= 4 is 0 Å². The number of aliphatic hydroxyl groups excluding tert-OH is 1. The van der Waals surface area contributed by atoms with E-state index in [1.807, 2.05) is 0 Å². The van der Waals surface area contributed by atoms with Crippen LogP contribution in [0.25, 0.3) is 0 Å². The largest absolute Gasteiger partial charge is 0.393 e. The van der Waals surface area contributed by atoms with Crippen LogP contribution >= 0.6 is 0 Å². The fourth-order valence-electron chi connectivity index (χ4n) is 1.93. The zero-order valence-electron chi connectivity index (χ0n) is 7.22. The van der Waals surface area contributed by atoms with E-state index >= 15 is 0 Å². The third-order valence-corrected chi connectivity index (χ3v) is 2.65. The third-order valence-electron chi connectivity index (χ3n) is 2.65. The summed E-state index contributed by atoms with van der Waals surface area (Å²) in [5.74, 6) is 0.503. The zero-order chi connectivity index (χ0) is 7.78. The van der Waals surface area contributed by atoms with Crippen LogP contribution in [0.15, 0.2) is 0 Å². The van der Waals surface area contributed by atoms with Crippen molar-refractivity contribution in [2.24, 2.45) is 11.3 Å². The molecule has 1 saturated carbocycles. The van der Waals surface area contributed by atoms with E-state index in [-0.39, 0.29) is 6.10 Å². The molecule has 0 spiro atoms. The molecule has 1 aliphatic rings. The third kappa shape index (κ3) is 1.72. The molecular formula is C9H18O. The Balaban J connectivity index is 2.49. The Morgan fingerprint density at radius 1 is 1.40 bits per heavy atom. The molecule has 1 nitrogen and oxygen atoms in total. The molecule has 0 aromatic heterocycles. The molecule has 0 amide bonds. The van der Waals surface area contributed by atoms with Gasteiger partial charge in [-0.15, -0.1) is 0 Å². The minimum Gasteiger partial charge on any atom is -0.393 e. The summed E-state index contributed by atoms with van der Waals surface area (Å²) in [5.41, 5.74) is 0.471. The van der Waals surface area contributed by atoms with Crippen molar-refractivity contribution < 1.29 is 5.11 Å². The average Bonchev–Trinajstić information content (AvgIpc) is 1.79. The normalized spacial score (nSPS) is 39.6. The van der Waals surface area contributed by atoms with Gasteiger partial charge < -0.3 is 5.11 Å². The highest BCUT2D eigenvalue weighted by atomic mass is 16.3. The van der Waals surface area contributed by atoms with Crippen LogP contribution in [-0.2, 0) is 0 Å². The smallest absolute Gasteiger partial charge is 0.0566 e. The molecule has 0 aliphatic heterocycles. The molecule has 1 N–H and O–H groups in total. The van der Waals surface area contributed by atoms with Gasteiger partial charge in [-0.05, 0) is 30.6 Å². The summed E-state index contributed by atoms with van der Waals surface area (Å²) in [4.78, 5) is 0. The maximum atomic E-state index is 9.41. The lowest BCUT2D eigenvalue weighted by molar-refractivity contribution is 0.0304. The van der Waals surface area contributed by atoms with Crippen molar-refractivity contribution in [2.75, 3.05) is 0 Å². The molecule has 1 fully saturated rings. The molecule has 2 atom stereocenters. The van der Waals surface area contributed by atoms with Crippen LogP contribution < -0.4 is 0 Å². The summed E-state index contributed by atoms with van der Waals surface area (Å²) in [6.45, 7) is 6.72. The van der Waals surface area contributed by atoms with Crippen molar-refractivity contribution in [3.63, 3.8) is 0 Å². The Bertz CT molecular complexity index is 118. The highest BCUT2D eigenvalue weighted by Crippen LogP contribution is 2.38. The van der Waals surface area contributed by atoms with E-state index in [0.29, 0.717) is 11.3 Å². The second kappa shape index (κ2) is 2.54. The van der Waals surface area contributed by atoms with Gasteiger partial charge in [0.2, 0.25) is 0 Å². The maximum absolute atomic E-state index is 9.41. The van der Waals surface area contributed by atoms with Gasteiger partial charge in [-0.1, -0.05) is 20.8 Å². The van der Waals surface area contributed by atoms with E-state index in [4.69, 9.17) is 0 Å². The van der Waals surface area contributed by atoms with Crippen molar-refractivity contribution in [1.29, 1.82) is 0 Å². The van der Waals surface area contributed by atoms with Gasteiger partial charge >= 0.3 is 0 Å². The highest BCUT2D eigenvalue weighted by molar-refractivity contribution is 4.82. The van der Waals surface area contributed by atoms with Gasteiger partial charge in [-0.2, -0.15) is 0 Å². The van der Waals surface area contributed by atoms with Gasteiger partial charge in [0.1, 0.15) is 0 Å². The fourth-order valence-corrected chi connectivity index (χ4v) is 1.93. The van der Waals surface area contributed by atoms with Crippen LogP contribution in [0.5, 0.6) is 0 Å². The minimum atomic E-state index is -0.0342. The molecule has 0 aromatic rings. The van der Waals surface area contributed by atoms with Gasteiger partial charge in [-0.3, -0.25) is 0 Å². The quantitative estimate of drug-likeness (QED) is 0.549. The Labute approximate surface area is 63.4 Å². The Morgan fingerprint density at radius 2 is 2.00 bits per heavy atom. The number of aliphatic hydroxyl groups is 1. The highest BCUT2D eigenvalue weighted by Gasteiger charge is 2.30.